The van der Waals surface area contributed by atoms with E-state index >= 15 is 0 Å². The average molecular weight is 1270 g/mol. The van der Waals surface area contributed by atoms with Crippen LogP contribution in [-0.2, 0) is 72.7 Å². The smallest absolute Gasteiger partial charge is 0.278 e. The summed E-state index contributed by atoms with van der Waals surface area (Å²) in [5, 5.41) is 4.09. The predicted molar refractivity (Wildman–Crippen MR) is 314 cm³/mol. The maximum absolute atomic E-state index is 13.1. The highest BCUT2D eigenvalue weighted by atomic mass is 32.2. The lowest BCUT2D eigenvalue weighted by Crippen LogP contribution is -2.52. The Morgan fingerprint density at radius 1 is 0.583 bits per heavy atom. The molecular formula is C52H73N10O17P3S2. The van der Waals surface area contributed by atoms with Crippen LogP contribution in [0.1, 0.15) is 65.0 Å². The molecule has 1 aliphatic rings. The van der Waals surface area contributed by atoms with E-state index in [1.807, 2.05) is 31.3 Å². The molecule has 4 amide bonds. The summed E-state index contributed by atoms with van der Waals surface area (Å²) in [5.74, 6) is 2.71. The SMILES string of the molecule is CNC(=O)CCCC(=O)NCC(C(=O)NCC(C(=O)NCCCOc1ccc(C#Cc2cc(CN3CCN(Cc4cc(C)cc(P(C)(=O)O)n4)CCN(Cc4cc(C)cc(P(C)(=O)O)n4)CC3)nc(P(C)(=O)O)c2)cc1)S(=O)(=O)O)S(=O)(=O)O. The summed E-state index contributed by atoms with van der Waals surface area (Å²) in [6.07, 6.45) is -0.0114. The molecule has 0 saturated carbocycles. The van der Waals surface area contributed by atoms with Crippen LogP contribution in [0, 0.1) is 25.7 Å². The number of ether oxygens (including phenoxy) is 1. The molecule has 4 heterocycles. The van der Waals surface area contributed by atoms with Crippen LogP contribution in [-0.4, -0.2) is 197 Å². The van der Waals surface area contributed by atoms with Gasteiger partial charge in [0.25, 0.3) is 20.2 Å². The number of carbonyl (C=O) groups is 4. The second kappa shape index (κ2) is 30.5. The van der Waals surface area contributed by atoms with Gasteiger partial charge in [0.1, 0.15) is 22.1 Å². The summed E-state index contributed by atoms with van der Waals surface area (Å²) in [6, 6.07) is 16.8. The highest BCUT2D eigenvalue weighted by molar-refractivity contribution is 7.87. The van der Waals surface area contributed by atoms with Crippen molar-refractivity contribution >= 4 is 82.3 Å². The molecule has 5 unspecified atom stereocenters. The van der Waals surface area contributed by atoms with Gasteiger partial charge in [0.15, 0.2) is 10.5 Å². The number of nitrogens with zero attached hydrogens (tertiary/aromatic N) is 6. The number of benzene rings is 1. The molecule has 1 fully saturated rings. The van der Waals surface area contributed by atoms with Gasteiger partial charge in [-0.05, 0) is 98.5 Å². The number of nitrogens with one attached hydrogen (secondary N) is 4. The van der Waals surface area contributed by atoms with Gasteiger partial charge in [0, 0.05) is 130 Å². The van der Waals surface area contributed by atoms with Crippen molar-refractivity contribution in [3.63, 3.8) is 0 Å². The number of carbonyl (C=O) groups excluding carboxylic acids is 4. The van der Waals surface area contributed by atoms with Crippen LogP contribution in [0.25, 0.3) is 0 Å². The summed E-state index contributed by atoms with van der Waals surface area (Å²) in [4.78, 5) is 101. The molecule has 3 aromatic heterocycles. The van der Waals surface area contributed by atoms with Crippen LogP contribution in [0.3, 0.4) is 0 Å². The summed E-state index contributed by atoms with van der Waals surface area (Å²) in [6.45, 7) is 9.53. The average Bonchev–Trinajstić information content (AvgIpc) is 3.69. The predicted octanol–water partition coefficient (Wildman–Crippen LogP) is -0.169. The van der Waals surface area contributed by atoms with Gasteiger partial charge in [-0.3, -0.25) is 56.7 Å². The Kier molecular flexibility index (Phi) is 25.0. The van der Waals surface area contributed by atoms with Crippen molar-refractivity contribution in [2.45, 2.75) is 69.7 Å². The summed E-state index contributed by atoms with van der Waals surface area (Å²) < 4.78 is 112. The van der Waals surface area contributed by atoms with Crippen molar-refractivity contribution in [2.75, 3.05) is 92.6 Å². The third-order valence-corrected chi connectivity index (χ3v) is 18.4. The van der Waals surface area contributed by atoms with Gasteiger partial charge in [-0.2, -0.15) is 16.8 Å². The first-order valence-electron chi connectivity index (χ1n) is 26.4. The molecule has 84 heavy (non-hydrogen) atoms. The Labute approximate surface area is 489 Å². The van der Waals surface area contributed by atoms with E-state index in [0.29, 0.717) is 86.3 Å². The number of rotatable bonds is 26. The molecule has 0 bridgehead atoms. The van der Waals surface area contributed by atoms with Crippen molar-refractivity contribution < 1.29 is 78.2 Å². The Bertz CT molecular complexity index is 3380. The maximum atomic E-state index is 13.1. The number of pyridine rings is 3. The van der Waals surface area contributed by atoms with Gasteiger partial charge in [-0.25, -0.2) is 15.0 Å². The zero-order chi connectivity index (χ0) is 62.2. The largest absolute Gasteiger partial charge is 0.494 e. The minimum absolute atomic E-state index is 0.00887. The van der Waals surface area contributed by atoms with Crippen molar-refractivity contribution in [3.05, 3.63) is 100.0 Å². The van der Waals surface area contributed by atoms with Gasteiger partial charge in [0.2, 0.25) is 45.7 Å². The Balaban J connectivity index is 1.21. The molecular weight excluding hydrogens is 1190 g/mol. The normalized spacial score (nSPS) is 16.8. The molecule has 9 N–H and O–H groups in total. The Hall–Kier alpha value is -5.82. The van der Waals surface area contributed by atoms with E-state index in [9.17, 15) is 73.5 Å². The quantitative estimate of drug-likeness (QED) is 0.0171. The van der Waals surface area contributed by atoms with E-state index in [-0.39, 0.29) is 67.6 Å². The zero-order valence-electron chi connectivity index (χ0n) is 47.4. The molecule has 4 aromatic rings. The van der Waals surface area contributed by atoms with E-state index in [2.05, 4.69) is 57.4 Å². The first kappa shape index (κ1) is 69.0. The Morgan fingerprint density at radius 3 is 1.43 bits per heavy atom. The highest BCUT2D eigenvalue weighted by Gasteiger charge is 2.36. The molecule has 32 heteroatoms. The van der Waals surface area contributed by atoms with Gasteiger partial charge >= 0.3 is 0 Å². The molecule has 27 nitrogen and oxygen atoms in total. The van der Waals surface area contributed by atoms with Crippen LogP contribution in [0.4, 0.5) is 0 Å². The molecule has 0 aliphatic carbocycles. The number of hydrogen-bond donors (Lipinski definition) is 9. The summed E-state index contributed by atoms with van der Waals surface area (Å²) >= 11 is 0. The topological polar surface area (TPSA) is 395 Å². The number of aryl methyl sites for hydroxylation is 2. The monoisotopic (exact) mass is 1270 g/mol. The second-order valence-electron chi connectivity index (χ2n) is 20.5. The third kappa shape index (κ3) is 23.2. The molecule has 0 spiro atoms. The fourth-order valence-corrected chi connectivity index (χ4v) is 12.0. The van der Waals surface area contributed by atoms with Crippen LogP contribution in [0.15, 0.2) is 60.7 Å². The first-order valence-corrected chi connectivity index (χ1v) is 35.7. The van der Waals surface area contributed by atoms with Crippen LogP contribution in [0.2, 0.25) is 0 Å². The molecule has 1 aromatic carbocycles. The van der Waals surface area contributed by atoms with Gasteiger partial charge < -0.3 is 40.7 Å². The van der Waals surface area contributed by atoms with Gasteiger partial charge in [0.05, 0.1) is 23.7 Å². The van der Waals surface area contributed by atoms with Crippen LogP contribution in [0.5, 0.6) is 5.75 Å². The molecule has 0 radical (unpaired) electrons. The lowest BCUT2D eigenvalue weighted by molar-refractivity contribution is -0.122. The first-order chi connectivity index (χ1) is 39.2. The van der Waals surface area contributed by atoms with Crippen LogP contribution < -0.4 is 42.3 Å². The number of hydrogen-bond acceptors (Lipinski definition) is 18. The molecule has 460 valence electrons. The van der Waals surface area contributed by atoms with Gasteiger partial charge in [-0.1, -0.05) is 11.8 Å². The Morgan fingerprint density at radius 2 is 0.988 bits per heavy atom. The third-order valence-electron chi connectivity index (χ3n) is 12.9. The lowest BCUT2D eigenvalue weighted by Gasteiger charge is -2.26. The minimum Gasteiger partial charge on any atom is -0.494 e. The van der Waals surface area contributed by atoms with E-state index in [4.69, 9.17) is 4.74 Å². The van der Waals surface area contributed by atoms with Crippen molar-refractivity contribution in [1.29, 1.82) is 0 Å². The highest BCUT2D eigenvalue weighted by Crippen LogP contribution is 2.35. The molecule has 5 rings (SSSR count). The molecule has 1 saturated heterocycles. The lowest BCUT2D eigenvalue weighted by atomic mass is 10.1. The van der Waals surface area contributed by atoms with E-state index in [0.717, 1.165) is 11.1 Å². The minimum atomic E-state index is -5.17. The van der Waals surface area contributed by atoms with Gasteiger partial charge in [-0.15, -0.1) is 0 Å². The summed E-state index contributed by atoms with van der Waals surface area (Å²) in [5.41, 5.74) is 4.51. The van der Waals surface area contributed by atoms with E-state index in [1.165, 1.54) is 33.1 Å². The molecule has 1 aliphatic heterocycles. The summed E-state index contributed by atoms with van der Waals surface area (Å²) in [7, 11) is -20.1. The standard InChI is InChI=1S/C52H73N10O17P3S2/c1-36-25-40(57-48(27-36)80(4,67)68)33-60-18-19-61(34-41-26-37(2)28-49(58-41)81(5,69)70)21-23-62(22-20-60)35-42-29-39(30-50(59-42)82(6,71)72)12-11-38-13-15-43(16-14-38)79-24-8-17-54-51(65)45(84(76,77)78)32-56-52(66)44(83(73,74)75)31-55-47(64)10-7-9-46(63)53-3/h13-16,25-30,44-45H,7-10,17-24,31-35H2,1-6H3,(H,53,63)(H,54,65)(H,55,64)(H,56,66)(H,67,68)(H,69,70)(H,71,72)(H,73,74,75)(H,76,77,78). The maximum Gasteiger partial charge on any atom is 0.278 e. The number of amides is 4. The van der Waals surface area contributed by atoms with Crippen molar-refractivity contribution in [1.82, 2.24) is 50.9 Å². The fourth-order valence-electron chi connectivity index (χ4n) is 8.48. The van der Waals surface area contributed by atoms with Crippen molar-refractivity contribution in [2.24, 2.45) is 0 Å². The zero-order valence-corrected chi connectivity index (χ0v) is 51.7. The van der Waals surface area contributed by atoms with Crippen LogP contribution >= 0.6 is 22.1 Å². The van der Waals surface area contributed by atoms with E-state index in [1.54, 1.807) is 42.5 Å². The molecule has 5 atom stereocenters. The fraction of sp³-hybridized carbons (Fsp3) is 0.481. The second-order valence-corrected chi connectivity index (χ2v) is 30.4. The number of aromatic nitrogens is 3. The van der Waals surface area contributed by atoms with E-state index < -0.39 is 83.7 Å². The van der Waals surface area contributed by atoms with Crippen molar-refractivity contribution in [3.8, 4) is 17.6 Å².